The van der Waals surface area contributed by atoms with Crippen molar-refractivity contribution in [3.05, 3.63) is 57.0 Å². The van der Waals surface area contributed by atoms with Crippen molar-refractivity contribution in [1.82, 2.24) is 10.9 Å². The zero-order chi connectivity index (χ0) is 21.9. The molecule has 2 aromatic carbocycles. The number of hydrogen-bond acceptors (Lipinski definition) is 6. The maximum atomic E-state index is 11.8. The topological polar surface area (TPSA) is 103 Å². The second kappa shape index (κ2) is 12.2. The molecule has 2 N–H and O–H groups in total. The monoisotopic (exact) mass is 542 g/mol. The van der Waals surface area contributed by atoms with Crippen LogP contribution in [0, 0.1) is 0 Å². The van der Waals surface area contributed by atoms with Crippen LogP contribution in [0.4, 0.5) is 0 Å². The Balaban J connectivity index is 1.69. The largest absolute Gasteiger partial charge is 0.484 e. The number of carbonyl (C=O) groups excluding carboxylic acids is 3. The van der Waals surface area contributed by atoms with Crippen LogP contribution < -0.4 is 20.3 Å². The van der Waals surface area contributed by atoms with Crippen LogP contribution in [0.25, 0.3) is 0 Å². The van der Waals surface area contributed by atoms with Gasteiger partial charge in [0.25, 0.3) is 11.8 Å². The summed E-state index contributed by atoms with van der Waals surface area (Å²) in [7, 11) is 0. The van der Waals surface area contributed by atoms with Gasteiger partial charge in [0.1, 0.15) is 11.5 Å². The third kappa shape index (κ3) is 8.03. The molecular weight excluding hydrogens is 524 g/mol. The Labute approximate surface area is 190 Å². The molecule has 0 radical (unpaired) electrons. The molecule has 8 nitrogen and oxygen atoms in total. The van der Waals surface area contributed by atoms with Crippen molar-refractivity contribution >= 4 is 49.6 Å². The standard InChI is InChI=1S/C20H20Br2N2O6/c1-2-9-28-20(27)13-3-6-15(7-4-13)29-11-18(25)23-24-19(26)12-30-17-8-5-14(21)10-16(17)22/h3-8,10H,2,9,11-12H2,1H3,(H,23,25)(H,24,26). The first-order valence-corrected chi connectivity index (χ1v) is 10.5. The zero-order valence-corrected chi connectivity index (χ0v) is 19.2. The maximum Gasteiger partial charge on any atom is 0.338 e. The summed E-state index contributed by atoms with van der Waals surface area (Å²) in [4.78, 5) is 35.3. The molecule has 160 valence electrons. The van der Waals surface area contributed by atoms with Crippen molar-refractivity contribution < 1.29 is 28.6 Å². The SMILES string of the molecule is CCCOC(=O)c1ccc(OCC(=O)NNC(=O)COc2ccc(Br)cc2Br)cc1. The quantitative estimate of drug-likeness (QED) is 0.371. The number of hydrazine groups is 1. The Kier molecular flexibility index (Phi) is 9.62. The Morgan fingerprint density at radius 2 is 1.53 bits per heavy atom. The summed E-state index contributed by atoms with van der Waals surface area (Å²) >= 11 is 6.65. The average Bonchev–Trinajstić information content (AvgIpc) is 2.74. The van der Waals surface area contributed by atoms with Gasteiger partial charge < -0.3 is 14.2 Å². The van der Waals surface area contributed by atoms with Crippen molar-refractivity contribution in [2.45, 2.75) is 13.3 Å². The van der Waals surface area contributed by atoms with Crippen molar-refractivity contribution in [2.24, 2.45) is 0 Å². The highest BCUT2D eigenvalue weighted by Crippen LogP contribution is 2.28. The van der Waals surface area contributed by atoms with E-state index in [9.17, 15) is 14.4 Å². The van der Waals surface area contributed by atoms with Crippen molar-refractivity contribution in [2.75, 3.05) is 19.8 Å². The molecule has 10 heteroatoms. The molecule has 0 aromatic heterocycles. The number of halogens is 2. The number of amides is 2. The third-order valence-corrected chi connectivity index (χ3v) is 4.60. The average molecular weight is 544 g/mol. The fourth-order valence-corrected chi connectivity index (χ4v) is 3.22. The van der Waals surface area contributed by atoms with Gasteiger partial charge in [0.2, 0.25) is 0 Å². The minimum Gasteiger partial charge on any atom is -0.484 e. The zero-order valence-electron chi connectivity index (χ0n) is 16.1. The molecule has 2 aromatic rings. The van der Waals surface area contributed by atoms with Gasteiger partial charge in [0, 0.05) is 4.47 Å². The van der Waals surface area contributed by atoms with Gasteiger partial charge in [0.05, 0.1) is 16.6 Å². The maximum absolute atomic E-state index is 11.8. The Morgan fingerprint density at radius 1 is 0.900 bits per heavy atom. The molecule has 0 saturated carbocycles. The highest BCUT2D eigenvalue weighted by atomic mass is 79.9. The first kappa shape index (κ1) is 23.7. The molecule has 0 fully saturated rings. The molecular formula is C20H20Br2N2O6. The van der Waals surface area contributed by atoms with E-state index in [1.54, 1.807) is 42.5 Å². The van der Waals surface area contributed by atoms with E-state index in [0.29, 0.717) is 28.1 Å². The van der Waals surface area contributed by atoms with Gasteiger partial charge in [-0.3, -0.25) is 20.4 Å². The molecule has 0 saturated heterocycles. The van der Waals surface area contributed by atoms with Crippen LogP contribution in [0.5, 0.6) is 11.5 Å². The number of ether oxygens (including phenoxy) is 3. The number of benzene rings is 2. The summed E-state index contributed by atoms with van der Waals surface area (Å²) in [6, 6.07) is 11.5. The number of carbonyl (C=O) groups is 3. The molecule has 2 amide bonds. The predicted octanol–water partition coefficient (Wildman–Crippen LogP) is 3.38. The number of rotatable bonds is 9. The van der Waals surface area contributed by atoms with Gasteiger partial charge in [-0.05, 0) is 64.8 Å². The van der Waals surface area contributed by atoms with Crippen molar-refractivity contribution in [1.29, 1.82) is 0 Å². The van der Waals surface area contributed by atoms with Crippen LogP contribution >= 0.6 is 31.9 Å². The Bertz CT molecular complexity index is 889. The summed E-state index contributed by atoms with van der Waals surface area (Å²) in [5.41, 5.74) is 4.86. The van der Waals surface area contributed by atoms with Gasteiger partial charge in [-0.1, -0.05) is 22.9 Å². The first-order valence-electron chi connectivity index (χ1n) is 8.94. The van der Waals surface area contributed by atoms with E-state index in [0.717, 1.165) is 10.9 Å². The molecule has 0 aliphatic rings. The molecule has 0 aliphatic heterocycles. The summed E-state index contributed by atoms with van der Waals surface area (Å²) in [6.07, 6.45) is 0.743. The van der Waals surface area contributed by atoms with Crippen LogP contribution in [0.2, 0.25) is 0 Å². The summed E-state index contributed by atoms with van der Waals surface area (Å²) in [5.74, 6) is -0.620. The molecule has 0 heterocycles. The lowest BCUT2D eigenvalue weighted by Crippen LogP contribution is -2.45. The number of hydrogen-bond donors (Lipinski definition) is 2. The van der Waals surface area contributed by atoms with Crippen LogP contribution in [-0.2, 0) is 14.3 Å². The molecule has 0 spiro atoms. The van der Waals surface area contributed by atoms with E-state index in [4.69, 9.17) is 14.2 Å². The highest BCUT2D eigenvalue weighted by molar-refractivity contribution is 9.11. The molecule has 0 bridgehead atoms. The van der Waals surface area contributed by atoms with Crippen LogP contribution in [-0.4, -0.2) is 37.6 Å². The van der Waals surface area contributed by atoms with E-state index in [2.05, 4.69) is 42.7 Å². The van der Waals surface area contributed by atoms with Gasteiger partial charge in [-0.15, -0.1) is 0 Å². The second-order valence-electron chi connectivity index (χ2n) is 5.91. The molecule has 0 unspecified atom stereocenters. The lowest BCUT2D eigenvalue weighted by molar-refractivity contribution is -0.131. The second-order valence-corrected chi connectivity index (χ2v) is 7.68. The Hall–Kier alpha value is -2.59. The molecule has 0 atom stereocenters. The van der Waals surface area contributed by atoms with E-state index < -0.39 is 17.8 Å². The molecule has 2 rings (SSSR count). The van der Waals surface area contributed by atoms with E-state index in [1.165, 1.54) is 0 Å². The lowest BCUT2D eigenvalue weighted by atomic mass is 10.2. The molecule has 0 aliphatic carbocycles. The summed E-state index contributed by atoms with van der Waals surface area (Å²) in [5, 5.41) is 0. The number of nitrogens with one attached hydrogen (secondary N) is 2. The van der Waals surface area contributed by atoms with Gasteiger partial charge in [-0.2, -0.15) is 0 Å². The van der Waals surface area contributed by atoms with E-state index >= 15 is 0 Å². The summed E-state index contributed by atoms with van der Waals surface area (Å²) in [6.45, 7) is 1.66. The highest BCUT2D eigenvalue weighted by Gasteiger charge is 2.10. The lowest BCUT2D eigenvalue weighted by Gasteiger charge is -2.11. The van der Waals surface area contributed by atoms with E-state index in [1.807, 2.05) is 6.92 Å². The first-order chi connectivity index (χ1) is 14.4. The summed E-state index contributed by atoms with van der Waals surface area (Å²) < 4.78 is 17.3. The van der Waals surface area contributed by atoms with Crippen LogP contribution in [0.1, 0.15) is 23.7 Å². The fraction of sp³-hybridized carbons (Fsp3) is 0.250. The van der Waals surface area contributed by atoms with Gasteiger partial charge >= 0.3 is 5.97 Å². The molecule has 30 heavy (non-hydrogen) atoms. The minimum absolute atomic E-state index is 0.281. The third-order valence-electron chi connectivity index (χ3n) is 3.49. The Morgan fingerprint density at radius 3 is 2.13 bits per heavy atom. The normalized spacial score (nSPS) is 10.1. The van der Waals surface area contributed by atoms with Crippen LogP contribution in [0.3, 0.4) is 0 Å². The van der Waals surface area contributed by atoms with Crippen molar-refractivity contribution in [3.8, 4) is 11.5 Å². The van der Waals surface area contributed by atoms with E-state index in [-0.39, 0.29) is 13.2 Å². The predicted molar refractivity (Wildman–Crippen MR) is 116 cm³/mol. The number of esters is 1. The van der Waals surface area contributed by atoms with Crippen LogP contribution in [0.15, 0.2) is 51.4 Å². The van der Waals surface area contributed by atoms with Gasteiger partial charge in [-0.25, -0.2) is 4.79 Å². The van der Waals surface area contributed by atoms with Crippen molar-refractivity contribution in [3.63, 3.8) is 0 Å². The minimum atomic E-state index is -0.556. The smallest absolute Gasteiger partial charge is 0.338 e. The van der Waals surface area contributed by atoms with Gasteiger partial charge in [0.15, 0.2) is 13.2 Å². The fourth-order valence-electron chi connectivity index (χ4n) is 2.06.